The van der Waals surface area contributed by atoms with Crippen molar-refractivity contribution in [3.8, 4) is 67.5 Å². The molecule has 0 radical (unpaired) electrons. The number of rotatable bonds is 6. The molecule has 2 heterocycles. The molecule has 10 rings (SSSR count). The molecule has 53 heavy (non-hydrogen) atoms. The van der Waals surface area contributed by atoms with E-state index >= 15 is 0 Å². The van der Waals surface area contributed by atoms with Crippen molar-refractivity contribution in [2.75, 3.05) is 0 Å². The SMILES string of the molecule is c1ccc(-c2cccc(-c3cccc(-c4ccc5ccccc5c4-c4nc(-c5ccccc5)nc(-c5cccc6c5sc5ccccc56)n4)c3)c2)cc1. The van der Waals surface area contributed by atoms with Crippen LogP contribution in [0.2, 0.25) is 0 Å². The van der Waals surface area contributed by atoms with Crippen LogP contribution in [0.15, 0.2) is 188 Å². The summed E-state index contributed by atoms with van der Waals surface area (Å²) in [6, 6.07) is 66.3. The maximum absolute atomic E-state index is 5.37. The smallest absolute Gasteiger partial charge is 0.165 e. The zero-order valence-electron chi connectivity index (χ0n) is 28.6. The lowest BCUT2D eigenvalue weighted by Gasteiger charge is -2.16. The molecule has 0 saturated carbocycles. The van der Waals surface area contributed by atoms with Crippen molar-refractivity contribution in [2.24, 2.45) is 0 Å². The summed E-state index contributed by atoms with van der Waals surface area (Å²) in [5, 5.41) is 4.69. The van der Waals surface area contributed by atoms with Gasteiger partial charge in [-0.2, -0.15) is 0 Å². The van der Waals surface area contributed by atoms with Gasteiger partial charge < -0.3 is 0 Å². The van der Waals surface area contributed by atoms with Crippen LogP contribution < -0.4 is 0 Å². The minimum atomic E-state index is 0.647. The number of fused-ring (bicyclic) bond motifs is 4. The Morgan fingerprint density at radius 3 is 1.66 bits per heavy atom. The van der Waals surface area contributed by atoms with Crippen molar-refractivity contribution in [3.05, 3.63) is 188 Å². The van der Waals surface area contributed by atoms with E-state index in [1.54, 1.807) is 11.3 Å². The van der Waals surface area contributed by atoms with E-state index in [9.17, 15) is 0 Å². The van der Waals surface area contributed by atoms with Gasteiger partial charge in [-0.1, -0.05) is 164 Å². The Morgan fingerprint density at radius 2 is 0.868 bits per heavy atom. The molecule has 0 fully saturated rings. The molecule has 0 amide bonds. The summed E-state index contributed by atoms with van der Waals surface area (Å²) in [4.78, 5) is 15.8. The first-order valence-electron chi connectivity index (χ1n) is 17.8. The highest BCUT2D eigenvalue weighted by atomic mass is 32.1. The average Bonchev–Trinajstić information content (AvgIpc) is 3.63. The quantitative estimate of drug-likeness (QED) is 0.174. The number of hydrogen-bond acceptors (Lipinski definition) is 4. The van der Waals surface area contributed by atoms with E-state index in [1.807, 2.05) is 18.2 Å². The van der Waals surface area contributed by atoms with Crippen LogP contribution >= 0.6 is 11.3 Å². The zero-order chi connectivity index (χ0) is 35.1. The maximum Gasteiger partial charge on any atom is 0.165 e. The van der Waals surface area contributed by atoms with Gasteiger partial charge in [-0.05, 0) is 68.4 Å². The Morgan fingerprint density at radius 1 is 0.321 bits per heavy atom. The van der Waals surface area contributed by atoms with Crippen LogP contribution in [0.4, 0.5) is 0 Å². The number of aromatic nitrogens is 3. The van der Waals surface area contributed by atoms with Gasteiger partial charge >= 0.3 is 0 Å². The summed E-state index contributed by atoms with van der Waals surface area (Å²) in [7, 11) is 0. The molecular formula is C49H31N3S. The van der Waals surface area contributed by atoms with Crippen LogP contribution in [0.3, 0.4) is 0 Å². The standard InChI is InChI=1S/C49H31N3S/c1-3-14-32(15-4-1)35-19-11-20-36(30-35)37-21-12-22-38(31-37)40-29-28-33-16-7-8-23-39(33)45(40)49-51-47(34-17-5-2-6-18-34)50-48(52-49)43-26-13-25-42-41-24-9-10-27-44(41)53-46(42)43/h1-31H. The van der Waals surface area contributed by atoms with E-state index in [0.717, 1.165) is 44.2 Å². The molecule has 0 spiro atoms. The largest absolute Gasteiger partial charge is 0.208 e. The molecule has 0 N–H and O–H groups in total. The van der Waals surface area contributed by atoms with Crippen molar-refractivity contribution in [1.29, 1.82) is 0 Å². The summed E-state index contributed by atoms with van der Waals surface area (Å²) in [6.45, 7) is 0. The van der Waals surface area contributed by atoms with Crippen LogP contribution in [0.25, 0.3) is 98.5 Å². The molecule has 248 valence electrons. The molecule has 3 nitrogen and oxygen atoms in total. The summed E-state index contributed by atoms with van der Waals surface area (Å²) >= 11 is 1.79. The second kappa shape index (κ2) is 13.1. The highest BCUT2D eigenvalue weighted by Crippen LogP contribution is 2.42. The predicted molar refractivity (Wildman–Crippen MR) is 223 cm³/mol. The summed E-state index contributed by atoms with van der Waals surface area (Å²) in [5.74, 6) is 1.96. The number of benzene rings is 8. The van der Waals surface area contributed by atoms with Crippen LogP contribution in [0.5, 0.6) is 0 Å². The van der Waals surface area contributed by atoms with Gasteiger partial charge in [0.05, 0.1) is 0 Å². The third-order valence-corrected chi connectivity index (χ3v) is 11.2. The Balaban J connectivity index is 1.20. The van der Waals surface area contributed by atoms with Gasteiger partial charge in [-0.3, -0.25) is 0 Å². The third-order valence-electron chi connectivity index (χ3n) is 9.94. The van der Waals surface area contributed by atoms with Crippen molar-refractivity contribution in [3.63, 3.8) is 0 Å². The molecule has 0 unspecified atom stereocenters. The lowest BCUT2D eigenvalue weighted by molar-refractivity contribution is 1.08. The molecule has 0 bridgehead atoms. The van der Waals surface area contributed by atoms with Gasteiger partial charge in [0.15, 0.2) is 17.5 Å². The monoisotopic (exact) mass is 693 g/mol. The van der Waals surface area contributed by atoms with E-state index < -0.39 is 0 Å². The normalized spacial score (nSPS) is 11.4. The Bertz CT molecular complexity index is 2950. The molecule has 4 heteroatoms. The topological polar surface area (TPSA) is 38.7 Å². The summed E-state index contributed by atoms with van der Waals surface area (Å²) < 4.78 is 2.42. The van der Waals surface area contributed by atoms with Gasteiger partial charge in [0.25, 0.3) is 0 Å². The van der Waals surface area contributed by atoms with Gasteiger partial charge in [-0.25, -0.2) is 15.0 Å². The molecule has 0 aliphatic rings. The first-order valence-corrected chi connectivity index (χ1v) is 18.6. The van der Waals surface area contributed by atoms with Crippen molar-refractivity contribution >= 4 is 42.3 Å². The van der Waals surface area contributed by atoms with Crippen molar-refractivity contribution < 1.29 is 0 Å². The highest BCUT2D eigenvalue weighted by Gasteiger charge is 2.20. The predicted octanol–water partition coefficient (Wildman–Crippen LogP) is 13.4. The van der Waals surface area contributed by atoms with Gasteiger partial charge in [-0.15, -0.1) is 11.3 Å². The van der Waals surface area contributed by atoms with Gasteiger partial charge in [0.2, 0.25) is 0 Å². The first kappa shape index (κ1) is 31.0. The summed E-state index contributed by atoms with van der Waals surface area (Å²) in [6.07, 6.45) is 0. The zero-order valence-corrected chi connectivity index (χ0v) is 29.5. The van der Waals surface area contributed by atoms with Crippen molar-refractivity contribution in [2.45, 2.75) is 0 Å². The fourth-order valence-corrected chi connectivity index (χ4v) is 8.59. The summed E-state index contributed by atoms with van der Waals surface area (Å²) in [5.41, 5.74) is 9.83. The van der Waals surface area contributed by atoms with Crippen LogP contribution in [0, 0.1) is 0 Å². The maximum atomic E-state index is 5.37. The second-order valence-electron chi connectivity index (χ2n) is 13.2. The highest BCUT2D eigenvalue weighted by molar-refractivity contribution is 7.26. The van der Waals surface area contributed by atoms with Crippen LogP contribution in [-0.4, -0.2) is 15.0 Å². The fraction of sp³-hybridized carbons (Fsp3) is 0. The lowest BCUT2D eigenvalue weighted by Crippen LogP contribution is -2.02. The molecule has 0 aliphatic heterocycles. The van der Waals surface area contributed by atoms with E-state index in [0.29, 0.717) is 17.5 Å². The Labute approximate surface area is 311 Å². The molecule has 10 aromatic rings. The van der Waals surface area contributed by atoms with Crippen molar-refractivity contribution in [1.82, 2.24) is 15.0 Å². The average molecular weight is 694 g/mol. The molecule has 0 aliphatic carbocycles. The van der Waals surface area contributed by atoms with E-state index in [2.05, 4.69) is 170 Å². The van der Waals surface area contributed by atoms with E-state index in [1.165, 1.54) is 36.9 Å². The molecule has 0 atom stereocenters. The third kappa shape index (κ3) is 5.66. The number of hydrogen-bond donors (Lipinski definition) is 0. The number of nitrogens with zero attached hydrogens (tertiary/aromatic N) is 3. The molecule has 2 aromatic heterocycles. The van der Waals surface area contributed by atoms with Gasteiger partial charge in [0.1, 0.15) is 0 Å². The first-order chi connectivity index (χ1) is 26.3. The molecular weight excluding hydrogens is 663 g/mol. The molecule has 0 saturated heterocycles. The lowest BCUT2D eigenvalue weighted by atomic mass is 9.91. The van der Waals surface area contributed by atoms with E-state index in [-0.39, 0.29) is 0 Å². The Hall–Kier alpha value is -6.75. The van der Waals surface area contributed by atoms with E-state index in [4.69, 9.17) is 15.0 Å². The minimum absolute atomic E-state index is 0.647. The van der Waals surface area contributed by atoms with Crippen LogP contribution in [0.1, 0.15) is 0 Å². The van der Waals surface area contributed by atoms with Gasteiger partial charge in [0, 0.05) is 36.9 Å². The minimum Gasteiger partial charge on any atom is -0.208 e. The Kier molecular flexibility index (Phi) is 7.67. The molecule has 8 aromatic carbocycles. The fourth-order valence-electron chi connectivity index (χ4n) is 7.38. The van der Waals surface area contributed by atoms with Crippen LogP contribution in [-0.2, 0) is 0 Å². The number of thiophene rings is 1. The second-order valence-corrected chi connectivity index (χ2v) is 14.2.